The van der Waals surface area contributed by atoms with Crippen LogP contribution in [-0.4, -0.2) is 29.4 Å². The third kappa shape index (κ3) is 5.93. The number of carboxylic acid groups (broad SMARTS) is 1. The van der Waals surface area contributed by atoms with E-state index in [-0.39, 0.29) is 13.0 Å². The molecule has 0 aliphatic carbocycles. The molecule has 2 atom stereocenters. The molecule has 2 N–H and O–H groups in total. The molecule has 0 saturated heterocycles. The SMILES string of the molecule is C[C@@H](CC(NC=O)C(=O)N(OCc1ccccc1)c1ccccc1)C(=O)O. The number of anilines is 1. The van der Waals surface area contributed by atoms with Gasteiger partial charge in [-0.3, -0.25) is 19.2 Å². The van der Waals surface area contributed by atoms with Crippen molar-refractivity contribution >= 4 is 24.0 Å². The Balaban J connectivity index is 2.22. The molecule has 1 unspecified atom stereocenters. The predicted molar refractivity (Wildman–Crippen MR) is 99.6 cm³/mol. The maximum absolute atomic E-state index is 13.0. The smallest absolute Gasteiger partial charge is 0.306 e. The number of nitrogens with zero attached hydrogens (tertiary/aromatic N) is 1. The summed E-state index contributed by atoms with van der Waals surface area (Å²) in [6.45, 7) is 1.62. The van der Waals surface area contributed by atoms with Gasteiger partial charge in [-0.25, -0.2) is 0 Å². The van der Waals surface area contributed by atoms with Crippen molar-refractivity contribution in [1.82, 2.24) is 5.32 Å². The number of carboxylic acids is 1. The fourth-order valence-corrected chi connectivity index (χ4v) is 2.46. The van der Waals surface area contributed by atoms with E-state index in [1.807, 2.05) is 30.3 Å². The lowest BCUT2D eigenvalue weighted by molar-refractivity contribution is -0.142. The van der Waals surface area contributed by atoms with Crippen LogP contribution in [-0.2, 0) is 25.8 Å². The highest BCUT2D eigenvalue weighted by molar-refractivity contribution is 5.96. The Kier molecular flexibility index (Phi) is 7.51. The van der Waals surface area contributed by atoms with Crippen LogP contribution in [0.1, 0.15) is 18.9 Å². The summed E-state index contributed by atoms with van der Waals surface area (Å²) in [5, 5.41) is 12.6. The molecule has 2 rings (SSSR count). The van der Waals surface area contributed by atoms with Gasteiger partial charge in [0.2, 0.25) is 6.41 Å². The monoisotopic (exact) mass is 370 g/mol. The van der Waals surface area contributed by atoms with E-state index < -0.39 is 23.8 Å². The maximum atomic E-state index is 13.0. The summed E-state index contributed by atoms with van der Waals surface area (Å²) in [4.78, 5) is 40.8. The van der Waals surface area contributed by atoms with E-state index in [2.05, 4.69) is 5.32 Å². The largest absolute Gasteiger partial charge is 0.481 e. The van der Waals surface area contributed by atoms with E-state index in [1.165, 1.54) is 6.92 Å². The second-order valence-corrected chi connectivity index (χ2v) is 6.04. The van der Waals surface area contributed by atoms with E-state index in [9.17, 15) is 14.4 Å². The molecule has 0 spiro atoms. The highest BCUT2D eigenvalue weighted by Gasteiger charge is 2.29. The lowest BCUT2D eigenvalue weighted by Crippen LogP contribution is -2.47. The zero-order valence-corrected chi connectivity index (χ0v) is 14.9. The van der Waals surface area contributed by atoms with Crippen LogP contribution in [0.5, 0.6) is 0 Å². The predicted octanol–water partition coefficient (Wildman–Crippen LogP) is 2.38. The fraction of sp³-hybridized carbons (Fsp3) is 0.250. The number of hydroxylamine groups is 1. The number of benzene rings is 2. The van der Waals surface area contributed by atoms with Crippen LogP contribution in [0, 0.1) is 5.92 Å². The van der Waals surface area contributed by atoms with Crippen LogP contribution in [0.25, 0.3) is 0 Å². The number of hydrogen-bond donors (Lipinski definition) is 2. The highest BCUT2D eigenvalue weighted by Crippen LogP contribution is 2.19. The van der Waals surface area contributed by atoms with E-state index in [0.717, 1.165) is 10.6 Å². The minimum absolute atomic E-state index is 0.0507. The molecule has 7 heteroatoms. The number of aliphatic carboxylic acids is 1. The van der Waals surface area contributed by atoms with Crippen LogP contribution in [0.3, 0.4) is 0 Å². The summed E-state index contributed by atoms with van der Waals surface area (Å²) in [7, 11) is 0. The van der Waals surface area contributed by atoms with Gasteiger partial charge in [0.05, 0.1) is 11.6 Å². The molecule has 0 fully saturated rings. The van der Waals surface area contributed by atoms with Crippen molar-refractivity contribution in [2.24, 2.45) is 5.92 Å². The lowest BCUT2D eigenvalue weighted by Gasteiger charge is -2.27. The number of rotatable bonds is 10. The van der Waals surface area contributed by atoms with Crippen LogP contribution >= 0.6 is 0 Å². The Morgan fingerprint density at radius 2 is 1.70 bits per heavy atom. The minimum Gasteiger partial charge on any atom is -0.481 e. The summed E-state index contributed by atoms with van der Waals surface area (Å²) in [5.74, 6) is -2.40. The molecule has 0 aromatic heterocycles. The second-order valence-electron chi connectivity index (χ2n) is 6.04. The molecule has 2 aromatic carbocycles. The van der Waals surface area contributed by atoms with E-state index >= 15 is 0 Å². The third-order valence-electron chi connectivity index (χ3n) is 3.97. The topological polar surface area (TPSA) is 95.9 Å². The lowest BCUT2D eigenvalue weighted by atomic mass is 10.0. The van der Waals surface area contributed by atoms with Crippen molar-refractivity contribution in [1.29, 1.82) is 0 Å². The molecule has 0 heterocycles. The Hall–Kier alpha value is -3.19. The maximum Gasteiger partial charge on any atom is 0.306 e. The quantitative estimate of drug-likeness (QED) is 0.494. The summed E-state index contributed by atoms with van der Waals surface area (Å²) in [6, 6.07) is 17.0. The Bertz CT molecular complexity index is 751. The first kappa shape index (κ1) is 20.1. The van der Waals surface area contributed by atoms with E-state index in [4.69, 9.17) is 9.94 Å². The number of para-hydroxylation sites is 1. The number of hydrogen-bond acceptors (Lipinski definition) is 4. The Morgan fingerprint density at radius 3 is 2.26 bits per heavy atom. The van der Waals surface area contributed by atoms with Gasteiger partial charge in [0.25, 0.3) is 5.91 Å². The average Bonchev–Trinajstić information content (AvgIpc) is 2.69. The fourth-order valence-electron chi connectivity index (χ4n) is 2.46. The van der Waals surface area contributed by atoms with Crippen molar-refractivity contribution < 1.29 is 24.3 Å². The highest BCUT2D eigenvalue weighted by atomic mass is 16.7. The van der Waals surface area contributed by atoms with Gasteiger partial charge in [-0.2, -0.15) is 5.06 Å². The summed E-state index contributed by atoms with van der Waals surface area (Å²) >= 11 is 0. The van der Waals surface area contributed by atoms with E-state index in [1.54, 1.807) is 30.3 Å². The van der Waals surface area contributed by atoms with Gasteiger partial charge >= 0.3 is 5.97 Å². The normalized spacial score (nSPS) is 12.6. The van der Waals surface area contributed by atoms with Crippen LogP contribution in [0.2, 0.25) is 0 Å². The molecule has 27 heavy (non-hydrogen) atoms. The molecule has 2 amide bonds. The minimum atomic E-state index is -1.04. The number of nitrogens with one attached hydrogen (secondary N) is 1. The number of carbonyl (C=O) groups excluding carboxylic acids is 2. The van der Waals surface area contributed by atoms with E-state index in [0.29, 0.717) is 12.1 Å². The van der Waals surface area contributed by atoms with Gasteiger partial charge in [-0.15, -0.1) is 0 Å². The van der Waals surface area contributed by atoms with Crippen molar-refractivity contribution in [3.05, 3.63) is 66.2 Å². The summed E-state index contributed by atoms with van der Waals surface area (Å²) in [5.41, 5.74) is 1.35. The molecule has 0 bridgehead atoms. The Morgan fingerprint density at radius 1 is 1.11 bits per heavy atom. The van der Waals surface area contributed by atoms with Crippen molar-refractivity contribution in [3.63, 3.8) is 0 Å². The standard InChI is InChI=1S/C20H22N2O5/c1-15(20(25)26)12-18(21-14-23)19(24)22(17-10-6-3-7-11-17)27-13-16-8-4-2-5-9-16/h2-11,14-15,18H,12-13H2,1H3,(H,21,23)(H,25,26)/t15-,18?/m0/s1. The molecule has 2 aromatic rings. The summed E-state index contributed by atoms with van der Waals surface area (Å²) in [6.07, 6.45) is 0.336. The number of amides is 2. The molecule has 0 aliphatic heterocycles. The van der Waals surface area contributed by atoms with Gasteiger partial charge in [0.15, 0.2) is 0 Å². The summed E-state index contributed by atoms with van der Waals surface area (Å²) < 4.78 is 0. The Labute approximate surface area is 157 Å². The van der Waals surface area contributed by atoms with Gasteiger partial charge in [-0.1, -0.05) is 55.5 Å². The molecule has 0 aliphatic rings. The van der Waals surface area contributed by atoms with Crippen LogP contribution in [0.15, 0.2) is 60.7 Å². The van der Waals surface area contributed by atoms with Crippen molar-refractivity contribution in [2.45, 2.75) is 26.0 Å². The molecular weight excluding hydrogens is 348 g/mol. The molecule has 7 nitrogen and oxygen atoms in total. The van der Waals surface area contributed by atoms with Crippen molar-refractivity contribution in [2.75, 3.05) is 5.06 Å². The first-order valence-electron chi connectivity index (χ1n) is 8.51. The zero-order chi connectivity index (χ0) is 19.6. The van der Waals surface area contributed by atoms with Gasteiger partial charge < -0.3 is 10.4 Å². The first-order chi connectivity index (χ1) is 13.0. The van der Waals surface area contributed by atoms with Gasteiger partial charge in [0.1, 0.15) is 12.6 Å². The second kappa shape index (κ2) is 10.1. The van der Waals surface area contributed by atoms with Crippen LogP contribution in [0.4, 0.5) is 5.69 Å². The average molecular weight is 370 g/mol. The molecular formula is C20H22N2O5. The third-order valence-corrected chi connectivity index (χ3v) is 3.97. The molecule has 0 radical (unpaired) electrons. The van der Waals surface area contributed by atoms with Crippen molar-refractivity contribution in [3.8, 4) is 0 Å². The zero-order valence-electron chi connectivity index (χ0n) is 14.9. The van der Waals surface area contributed by atoms with Gasteiger partial charge in [0, 0.05) is 0 Å². The first-order valence-corrected chi connectivity index (χ1v) is 8.51. The molecule has 142 valence electrons. The van der Waals surface area contributed by atoms with Crippen LogP contribution < -0.4 is 10.4 Å². The number of carbonyl (C=O) groups is 3. The molecule has 0 saturated carbocycles. The van der Waals surface area contributed by atoms with Gasteiger partial charge in [-0.05, 0) is 24.1 Å².